The summed E-state index contributed by atoms with van der Waals surface area (Å²) in [4.78, 5) is 33.2. The molecule has 2 heterocycles. The van der Waals surface area contributed by atoms with Crippen molar-refractivity contribution in [3.8, 4) is 11.8 Å². The van der Waals surface area contributed by atoms with Gasteiger partial charge in [-0.05, 0) is 37.1 Å². The highest BCUT2D eigenvalue weighted by atomic mass is 16.5. The van der Waals surface area contributed by atoms with E-state index in [1.807, 2.05) is 13.8 Å². The first-order valence-corrected chi connectivity index (χ1v) is 10.8. The number of anilines is 1. The average molecular weight is 437 g/mol. The Kier molecular flexibility index (Phi) is 7.66. The molecule has 2 aromatic rings. The van der Waals surface area contributed by atoms with Gasteiger partial charge in [0.05, 0.1) is 17.7 Å². The minimum Gasteiger partial charge on any atom is -0.479 e. The number of amides is 1. The van der Waals surface area contributed by atoms with Crippen molar-refractivity contribution in [3.05, 3.63) is 53.7 Å². The van der Waals surface area contributed by atoms with Crippen molar-refractivity contribution < 1.29 is 19.1 Å². The minimum absolute atomic E-state index is 0.0515. The van der Waals surface area contributed by atoms with Gasteiger partial charge in [0.1, 0.15) is 17.6 Å². The second-order valence-corrected chi connectivity index (χ2v) is 7.83. The molecule has 1 fully saturated rings. The normalized spacial score (nSPS) is 14.6. The number of esters is 1. The van der Waals surface area contributed by atoms with Crippen LogP contribution in [0.3, 0.4) is 0 Å². The Bertz CT molecular complexity index is 976. The molecular formula is C24H28N4O4. The molecule has 1 aromatic heterocycles. The summed E-state index contributed by atoms with van der Waals surface area (Å²) in [6.07, 6.45) is 0.846. The predicted molar refractivity (Wildman–Crippen MR) is 119 cm³/mol. The Labute approximate surface area is 188 Å². The molecule has 0 spiro atoms. The second-order valence-electron chi connectivity index (χ2n) is 7.83. The van der Waals surface area contributed by atoms with E-state index >= 15 is 0 Å². The first-order valence-electron chi connectivity index (χ1n) is 10.8. The summed E-state index contributed by atoms with van der Waals surface area (Å²) < 4.78 is 11.0. The Morgan fingerprint density at radius 3 is 2.44 bits per heavy atom. The van der Waals surface area contributed by atoms with E-state index in [1.54, 1.807) is 48.2 Å². The number of para-hydroxylation sites is 1. The highest BCUT2D eigenvalue weighted by molar-refractivity contribution is 5.89. The average Bonchev–Trinajstić information content (AvgIpc) is 2.82. The van der Waals surface area contributed by atoms with Crippen molar-refractivity contribution in [1.82, 2.24) is 9.88 Å². The van der Waals surface area contributed by atoms with Crippen molar-refractivity contribution >= 4 is 17.7 Å². The van der Waals surface area contributed by atoms with Gasteiger partial charge in [-0.15, -0.1) is 0 Å². The monoisotopic (exact) mass is 436 g/mol. The number of hydrogen-bond acceptors (Lipinski definition) is 7. The van der Waals surface area contributed by atoms with Crippen molar-refractivity contribution in [2.45, 2.75) is 26.9 Å². The van der Waals surface area contributed by atoms with Crippen molar-refractivity contribution in [1.29, 1.82) is 5.26 Å². The molecule has 0 N–H and O–H groups in total. The van der Waals surface area contributed by atoms with E-state index in [9.17, 15) is 14.9 Å². The fraction of sp³-hybridized carbons (Fsp3) is 0.417. The van der Waals surface area contributed by atoms with E-state index in [0.29, 0.717) is 49.7 Å². The number of hydrogen-bond donors (Lipinski definition) is 0. The SMILES string of the molecule is CCOC(=O)c1ccc(N2CCN(C(=O)C(Oc3ccccc3C#N)C(C)C)CC2)nc1. The van der Waals surface area contributed by atoms with Crippen LogP contribution in [0.5, 0.6) is 5.75 Å². The molecule has 1 unspecified atom stereocenters. The zero-order valence-electron chi connectivity index (χ0n) is 18.7. The van der Waals surface area contributed by atoms with Crippen LogP contribution in [-0.4, -0.2) is 60.7 Å². The van der Waals surface area contributed by atoms with Crippen LogP contribution in [0.4, 0.5) is 5.82 Å². The van der Waals surface area contributed by atoms with Crippen molar-refractivity contribution in [2.75, 3.05) is 37.7 Å². The fourth-order valence-corrected chi connectivity index (χ4v) is 3.51. The molecule has 32 heavy (non-hydrogen) atoms. The number of nitrogens with zero attached hydrogens (tertiary/aromatic N) is 4. The summed E-state index contributed by atoms with van der Waals surface area (Å²) >= 11 is 0. The smallest absolute Gasteiger partial charge is 0.339 e. The standard InChI is InChI=1S/C24H28N4O4/c1-4-31-24(30)19-9-10-21(26-16-19)27-11-13-28(14-12-27)23(29)22(17(2)3)32-20-8-6-5-7-18(20)15-25/h5-10,16-17,22H,4,11-14H2,1-3H3. The number of benzene rings is 1. The molecule has 1 saturated heterocycles. The van der Waals surface area contributed by atoms with Gasteiger partial charge < -0.3 is 19.3 Å². The van der Waals surface area contributed by atoms with Gasteiger partial charge in [0, 0.05) is 32.4 Å². The molecule has 1 atom stereocenters. The van der Waals surface area contributed by atoms with E-state index in [4.69, 9.17) is 9.47 Å². The lowest BCUT2D eigenvalue weighted by Gasteiger charge is -2.37. The van der Waals surface area contributed by atoms with Gasteiger partial charge >= 0.3 is 5.97 Å². The van der Waals surface area contributed by atoms with Crippen LogP contribution in [-0.2, 0) is 9.53 Å². The topological polar surface area (TPSA) is 95.8 Å². The van der Waals surface area contributed by atoms with Crippen LogP contribution in [0.25, 0.3) is 0 Å². The maximum Gasteiger partial charge on any atom is 0.339 e. The number of rotatable bonds is 7. The van der Waals surface area contributed by atoms with Gasteiger partial charge in [-0.3, -0.25) is 4.79 Å². The van der Waals surface area contributed by atoms with Crippen molar-refractivity contribution in [3.63, 3.8) is 0 Å². The van der Waals surface area contributed by atoms with Crippen LogP contribution in [0.2, 0.25) is 0 Å². The van der Waals surface area contributed by atoms with E-state index in [-0.39, 0.29) is 17.8 Å². The van der Waals surface area contributed by atoms with Gasteiger partial charge in [0.25, 0.3) is 5.91 Å². The zero-order valence-corrected chi connectivity index (χ0v) is 18.7. The highest BCUT2D eigenvalue weighted by Crippen LogP contribution is 2.23. The molecule has 8 heteroatoms. The molecule has 3 rings (SSSR count). The van der Waals surface area contributed by atoms with Gasteiger partial charge in [-0.25, -0.2) is 9.78 Å². The number of ether oxygens (including phenoxy) is 2. The number of aromatic nitrogens is 1. The molecule has 0 radical (unpaired) electrons. The second kappa shape index (κ2) is 10.6. The molecule has 1 aromatic carbocycles. The summed E-state index contributed by atoms with van der Waals surface area (Å²) in [5.74, 6) is 0.651. The largest absolute Gasteiger partial charge is 0.479 e. The third-order valence-corrected chi connectivity index (χ3v) is 5.28. The van der Waals surface area contributed by atoms with Crippen LogP contribution in [0.1, 0.15) is 36.7 Å². The molecular weight excluding hydrogens is 408 g/mol. The Morgan fingerprint density at radius 2 is 1.84 bits per heavy atom. The lowest BCUT2D eigenvalue weighted by Crippen LogP contribution is -2.53. The molecule has 0 saturated carbocycles. The summed E-state index contributed by atoms with van der Waals surface area (Å²) in [5, 5.41) is 9.31. The molecule has 0 aliphatic carbocycles. The number of carbonyl (C=O) groups is 2. The van der Waals surface area contributed by atoms with Crippen LogP contribution in [0, 0.1) is 17.2 Å². The minimum atomic E-state index is -0.668. The van der Waals surface area contributed by atoms with Crippen LogP contribution >= 0.6 is 0 Å². The molecule has 1 amide bonds. The van der Waals surface area contributed by atoms with Crippen LogP contribution in [0.15, 0.2) is 42.6 Å². The maximum atomic E-state index is 13.2. The molecule has 1 aliphatic heterocycles. The first kappa shape index (κ1) is 23.1. The van der Waals surface area contributed by atoms with Gasteiger partial charge in [-0.1, -0.05) is 26.0 Å². The number of piperazine rings is 1. The molecule has 168 valence electrons. The number of pyridine rings is 1. The van der Waals surface area contributed by atoms with E-state index < -0.39 is 6.10 Å². The van der Waals surface area contributed by atoms with Gasteiger partial charge in [0.2, 0.25) is 0 Å². The quantitative estimate of drug-likeness (QED) is 0.616. The first-order chi connectivity index (χ1) is 15.4. The van der Waals surface area contributed by atoms with E-state index in [1.165, 1.54) is 6.20 Å². The lowest BCUT2D eigenvalue weighted by molar-refractivity contribution is -0.141. The summed E-state index contributed by atoms with van der Waals surface area (Å²) in [6.45, 7) is 8.26. The van der Waals surface area contributed by atoms with E-state index in [0.717, 1.165) is 5.82 Å². The summed E-state index contributed by atoms with van der Waals surface area (Å²) in [7, 11) is 0. The summed E-state index contributed by atoms with van der Waals surface area (Å²) in [5.41, 5.74) is 0.826. The fourth-order valence-electron chi connectivity index (χ4n) is 3.51. The van der Waals surface area contributed by atoms with Gasteiger partial charge in [-0.2, -0.15) is 5.26 Å². The lowest BCUT2D eigenvalue weighted by atomic mass is 10.0. The van der Waals surface area contributed by atoms with Crippen LogP contribution < -0.4 is 9.64 Å². The number of nitriles is 1. The molecule has 0 bridgehead atoms. The predicted octanol–water partition coefficient (Wildman–Crippen LogP) is 2.88. The molecule has 1 aliphatic rings. The number of carbonyl (C=O) groups excluding carboxylic acids is 2. The Morgan fingerprint density at radius 1 is 1.12 bits per heavy atom. The maximum absolute atomic E-state index is 13.2. The van der Waals surface area contributed by atoms with Gasteiger partial charge in [0.15, 0.2) is 6.10 Å². The highest BCUT2D eigenvalue weighted by Gasteiger charge is 2.32. The van der Waals surface area contributed by atoms with Crippen molar-refractivity contribution in [2.24, 2.45) is 5.92 Å². The van der Waals surface area contributed by atoms with E-state index in [2.05, 4.69) is 16.0 Å². The Balaban J connectivity index is 1.62. The Hall–Kier alpha value is -3.60. The third-order valence-electron chi connectivity index (χ3n) is 5.28. The summed E-state index contributed by atoms with van der Waals surface area (Å²) in [6, 6.07) is 12.6. The zero-order chi connectivity index (χ0) is 23.1. The molecule has 8 nitrogen and oxygen atoms in total. The third kappa shape index (κ3) is 5.35.